The first kappa shape index (κ1) is 23.7. The van der Waals surface area contributed by atoms with Crippen molar-refractivity contribution in [2.24, 2.45) is 5.92 Å². The molecule has 2 heterocycles. The van der Waals surface area contributed by atoms with Crippen molar-refractivity contribution in [2.45, 2.75) is 44.6 Å². The lowest BCUT2D eigenvalue weighted by molar-refractivity contribution is -0.274. The molecular weight excluding hydrogens is 444 g/mol. The molecule has 3 aliphatic rings. The van der Waals surface area contributed by atoms with Crippen LogP contribution in [0.1, 0.15) is 26.2 Å². The Morgan fingerprint density at radius 1 is 1.06 bits per heavy atom. The fourth-order valence-electron chi connectivity index (χ4n) is 4.43. The summed E-state index contributed by atoms with van der Waals surface area (Å²) in [6, 6.07) is 2.88. The zero-order valence-corrected chi connectivity index (χ0v) is 18.4. The average molecular weight is 472 g/mol. The molecule has 1 aromatic carbocycles. The van der Waals surface area contributed by atoms with E-state index < -0.39 is 24.0 Å². The maximum absolute atomic E-state index is 13.7. The Labute approximate surface area is 189 Å². The topological polar surface area (TPSA) is 65.1 Å². The number of ether oxygens (including phenoxy) is 1. The van der Waals surface area contributed by atoms with Crippen molar-refractivity contribution in [1.29, 1.82) is 0 Å². The maximum atomic E-state index is 13.7. The van der Waals surface area contributed by atoms with E-state index in [0.717, 1.165) is 31.0 Å². The van der Waals surface area contributed by atoms with Gasteiger partial charge in [0.25, 0.3) is 0 Å². The van der Waals surface area contributed by atoms with E-state index in [9.17, 15) is 27.2 Å². The van der Waals surface area contributed by atoms with E-state index in [4.69, 9.17) is 0 Å². The number of rotatable bonds is 8. The van der Waals surface area contributed by atoms with E-state index in [1.165, 1.54) is 4.90 Å². The van der Waals surface area contributed by atoms with E-state index in [0.29, 0.717) is 51.7 Å². The number of likely N-dealkylation sites (tertiary alicyclic amines) is 1. The molecule has 4 rings (SSSR count). The molecule has 2 aliphatic heterocycles. The predicted molar refractivity (Wildman–Crippen MR) is 112 cm³/mol. The van der Waals surface area contributed by atoms with Crippen LogP contribution in [0.5, 0.6) is 5.75 Å². The van der Waals surface area contributed by atoms with Crippen molar-refractivity contribution in [3.8, 4) is 5.75 Å². The van der Waals surface area contributed by atoms with Crippen LogP contribution >= 0.6 is 0 Å². The molecule has 1 aliphatic carbocycles. The molecular formula is C22H28F4N4O3. The van der Waals surface area contributed by atoms with Crippen molar-refractivity contribution < 1.29 is 31.9 Å². The highest BCUT2D eigenvalue weighted by Gasteiger charge is 2.46. The van der Waals surface area contributed by atoms with Crippen LogP contribution < -0.4 is 15.0 Å². The van der Waals surface area contributed by atoms with Crippen LogP contribution in [0, 0.1) is 11.7 Å². The molecule has 0 radical (unpaired) electrons. The number of alkyl halides is 3. The summed E-state index contributed by atoms with van der Waals surface area (Å²) in [5.41, 5.74) is 0.0726. The predicted octanol–water partition coefficient (Wildman–Crippen LogP) is 2.36. The van der Waals surface area contributed by atoms with Crippen LogP contribution in [0.4, 0.5) is 23.2 Å². The zero-order chi connectivity index (χ0) is 23.8. The molecule has 2 amide bonds. The van der Waals surface area contributed by atoms with E-state index in [2.05, 4.69) is 15.0 Å². The summed E-state index contributed by atoms with van der Waals surface area (Å²) in [6.45, 7) is 4.71. The number of halogens is 4. The average Bonchev–Trinajstić information content (AvgIpc) is 3.56. The minimum absolute atomic E-state index is 0.0726. The van der Waals surface area contributed by atoms with Crippen molar-refractivity contribution in [2.75, 3.05) is 44.2 Å². The van der Waals surface area contributed by atoms with Crippen molar-refractivity contribution >= 4 is 17.5 Å². The van der Waals surface area contributed by atoms with Crippen LogP contribution in [0.2, 0.25) is 0 Å². The largest absolute Gasteiger partial charge is 0.573 e. The summed E-state index contributed by atoms with van der Waals surface area (Å²) in [5.74, 6) is -1.72. The molecule has 1 N–H and O–H groups in total. The maximum Gasteiger partial charge on any atom is 0.573 e. The minimum Gasteiger partial charge on any atom is -0.404 e. The molecule has 11 heteroatoms. The van der Waals surface area contributed by atoms with E-state index in [1.807, 2.05) is 0 Å². The van der Waals surface area contributed by atoms with Gasteiger partial charge in [-0.1, -0.05) is 6.92 Å². The summed E-state index contributed by atoms with van der Waals surface area (Å²) in [4.78, 5) is 30.3. The fourth-order valence-corrected chi connectivity index (χ4v) is 4.43. The smallest absolute Gasteiger partial charge is 0.404 e. The summed E-state index contributed by atoms with van der Waals surface area (Å²) in [5, 5.41) is 3.26. The number of anilines is 1. The van der Waals surface area contributed by atoms with E-state index >= 15 is 0 Å². The molecule has 0 bridgehead atoms. The zero-order valence-electron chi connectivity index (χ0n) is 18.4. The molecule has 3 fully saturated rings. The first-order chi connectivity index (χ1) is 15.6. The first-order valence-corrected chi connectivity index (χ1v) is 11.3. The number of hydrogen-bond donors (Lipinski definition) is 1. The van der Waals surface area contributed by atoms with Gasteiger partial charge < -0.3 is 15.0 Å². The molecule has 2 saturated heterocycles. The quantitative estimate of drug-likeness (QED) is 0.463. The Kier molecular flexibility index (Phi) is 6.81. The number of nitrogens with zero attached hydrogens (tertiary/aromatic N) is 3. The van der Waals surface area contributed by atoms with Gasteiger partial charge in [-0.05, 0) is 37.9 Å². The van der Waals surface area contributed by atoms with Gasteiger partial charge in [-0.2, -0.15) is 0 Å². The summed E-state index contributed by atoms with van der Waals surface area (Å²) < 4.78 is 55.8. The number of nitrogens with one attached hydrogen (secondary N) is 1. The molecule has 33 heavy (non-hydrogen) atoms. The molecule has 2 unspecified atom stereocenters. The lowest BCUT2D eigenvalue weighted by Gasteiger charge is -2.37. The minimum atomic E-state index is -4.86. The van der Waals surface area contributed by atoms with E-state index in [-0.39, 0.29) is 23.4 Å². The van der Waals surface area contributed by atoms with Crippen LogP contribution in [0.15, 0.2) is 18.2 Å². The van der Waals surface area contributed by atoms with Gasteiger partial charge in [0, 0.05) is 44.8 Å². The Bertz CT molecular complexity index is 885. The normalized spacial score (nSPS) is 24.6. The van der Waals surface area contributed by atoms with Gasteiger partial charge in [0.2, 0.25) is 11.8 Å². The second-order valence-electron chi connectivity index (χ2n) is 8.88. The van der Waals surface area contributed by atoms with Gasteiger partial charge in [0.15, 0.2) is 5.75 Å². The number of hydrogen-bond acceptors (Lipinski definition) is 6. The molecule has 182 valence electrons. The molecule has 1 saturated carbocycles. The third-order valence-electron chi connectivity index (χ3n) is 6.40. The second-order valence-corrected chi connectivity index (χ2v) is 8.88. The molecule has 0 spiro atoms. The van der Waals surface area contributed by atoms with Crippen LogP contribution in [-0.4, -0.2) is 79.3 Å². The highest BCUT2D eigenvalue weighted by atomic mass is 19.4. The third-order valence-corrected chi connectivity index (χ3v) is 6.40. The molecule has 2 atom stereocenters. The number of imide groups is 1. The van der Waals surface area contributed by atoms with Gasteiger partial charge in [0.1, 0.15) is 5.82 Å². The summed E-state index contributed by atoms with van der Waals surface area (Å²) in [6.07, 6.45) is -2.17. The van der Waals surface area contributed by atoms with Crippen molar-refractivity contribution in [3.05, 3.63) is 24.0 Å². The molecule has 0 aromatic heterocycles. The number of piperazine rings is 1. The van der Waals surface area contributed by atoms with Gasteiger partial charge in [-0.25, -0.2) is 4.39 Å². The van der Waals surface area contributed by atoms with E-state index in [1.54, 1.807) is 11.8 Å². The SMILES string of the molecule is CC1C(=O)N(CCCN2CCN(c3cc(F)ccc3OC(F)(F)F)CC2)C(=O)C1NC1CC1. The highest BCUT2D eigenvalue weighted by molar-refractivity contribution is 6.06. The second kappa shape index (κ2) is 9.46. The Hall–Kier alpha value is -2.40. The number of carbonyl (C=O) groups excluding carboxylic acids is 2. The van der Waals surface area contributed by atoms with Gasteiger partial charge in [-0.3, -0.25) is 19.4 Å². The van der Waals surface area contributed by atoms with Crippen LogP contribution in [0.3, 0.4) is 0 Å². The molecule has 1 aromatic rings. The third kappa shape index (κ3) is 5.75. The monoisotopic (exact) mass is 472 g/mol. The molecule has 7 nitrogen and oxygen atoms in total. The van der Waals surface area contributed by atoms with Gasteiger partial charge in [-0.15, -0.1) is 13.2 Å². The number of carbonyl (C=O) groups is 2. The van der Waals surface area contributed by atoms with Crippen LogP contribution in [0.25, 0.3) is 0 Å². The first-order valence-electron chi connectivity index (χ1n) is 11.3. The highest BCUT2D eigenvalue weighted by Crippen LogP contribution is 2.34. The van der Waals surface area contributed by atoms with Crippen LogP contribution in [-0.2, 0) is 9.59 Å². The number of amides is 2. The Morgan fingerprint density at radius 3 is 2.39 bits per heavy atom. The summed E-state index contributed by atoms with van der Waals surface area (Å²) >= 11 is 0. The lowest BCUT2D eigenvalue weighted by atomic mass is 10.1. The van der Waals surface area contributed by atoms with Crippen molar-refractivity contribution in [3.63, 3.8) is 0 Å². The van der Waals surface area contributed by atoms with Crippen molar-refractivity contribution in [1.82, 2.24) is 15.1 Å². The lowest BCUT2D eigenvalue weighted by Crippen LogP contribution is -2.47. The van der Waals surface area contributed by atoms with Gasteiger partial charge >= 0.3 is 6.36 Å². The Balaban J connectivity index is 1.26. The standard InChI is InChI=1S/C22H28F4N4O3/c1-14-19(27-16-4-5-16)21(32)30(20(14)31)8-2-7-28-9-11-29(12-10-28)17-13-15(23)3-6-18(17)33-22(24,25)26/h3,6,13-14,16,19,27H,2,4-5,7-12H2,1H3. The number of benzene rings is 1. The fraction of sp³-hybridized carbons (Fsp3) is 0.636. The Morgan fingerprint density at radius 2 is 1.76 bits per heavy atom. The summed E-state index contributed by atoms with van der Waals surface area (Å²) in [7, 11) is 0. The van der Waals surface area contributed by atoms with Gasteiger partial charge in [0.05, 0.1) is 17.6 Å².